The molecule has 1 rings (SSSR count). The SMILES string of the molecule is CCSc1nnnc(SCC)c1SCC. The van der Waals surface area contributed by atoms with Gasteiger partial charge in [-0.1, -0.05) is 20.8 Å². The predicted molar refractivity (Wildman–Crippen MR) is 69.0 cm³/mol. The van der Waals surface area contributed by atoms with E-state index in [2.05, 4.69) is 36.2 Å². The molecule has 6 heteroatoms. The Bertz CT molecular complexity index is 282. The molecule has 0 unspecified atom stereocenters. The maximum atomic E-state index is 4.10. The minimum atomic E-state index is 1.02. The van der Waals surface area contributed by atoms with Crippen molar-refractivity contribution in [1.29, 1.82) is 0 Å². The number of nitrogens with zero attached hydrogens (tertiary/aromatic N) is 3. The molecule has 15 heavy (non-hydrogen) atoms. The van der Waals surface area contributed by atoms with Gasteiger partial charge in [0.1, 0.15) is 10.1 Å². The van der Waals surface area contributed by atoms with Crippen LogP contribution in [0, 0.1) is 0 Å². The van der Waals surface area contributed by atoms with Gasteiger partial charge in [0.15, 0.2) is 0 Å². The lowest BCUT2D eigenvalue weighted by molar-refractivity contribution is 0.699. The van der Waals surface area contributed by atoms with E-state index in [0.29, 0.717) is 0 Å². The highest BCUT2D eigenvalue weighted by atomic mass is 32.2. The van der Waals surface area contributed by atoms with E-state index >= 15 is 0 Å². The molecule has 3 nitrogen and oxygen atoms in total. The Morgan fingerprint density at radius 2 is 1.27 bits per heavy atom. The summed E-state index contributed by atoms with van der Waals surface area (Å²) in [5, 5.41) is 14.1. The fourth-order valence-corrected chi connectivity index (χ4v) is 3.60. The number of aromatic nitrogens is 3. The van der Waals surface area contributed by atoms with Crippen molar-refractivity contribution in [2.45, 2.75) is 35.7 Å². The van der Waals surface area contributed by atoms with Crippen molar-refractivity contribution in [3.05, 3.63) is 0 Å². The molecular weight excluding hydrogens is 246 g/mol. The zero-order chi connectivity index (χ0) is 11.1. The van der Waals surface area contributed by atoms with Crippen molar-refractivity contribution in [2.75, 3.05) is 17.3 Å². The standard InChI is InChI=1S/C9H15N3S3/c1-4-13-7-8(14-5-2)10-12-11-9(7)15-6-3/h4-6H2,1-3H3. The first-order chi connectivity index (χ1) is 7.33. The summed E-state index contributed by atoms with van der Waals surface area (Å²) in [5.41, 5.74) is 0. The molecule has 1 aromatic rings. The smallest absolute Gasteiger partial charge is 0.122 e. The van der Waals surface area contributed by atoms with Crippen molar-refractivity contribution in [2.24, 2.45) is 0 Å². The van der Waals surface area contributed by atoms with Crippen LogP contribution in [0.5, 0.6) is 0 Å². The van der Waals surface area contributed by atoms with Crippen LogP contribution in [0.2, 0.25) is 0 Å². The van der Waals surface area contributed by atoms with E-state index in [0.717, 1.165) is 27.3 Å². The molecule has 0 aliphatic carbocycles. The third-order valence-electron chi connectivity index (χ3n) is 1.51. The molecule has 0 spiro atoms. The van der Waals surface area contributed by atoms with Crippen molar-refractivity contribution in [3.8, 4) is 0 Å². The van der Waals surface area contributed by atoms with Crippen molar-refractivity contribution in [1.82, 2.24) is 15.4 Å². The lowest BCUT2D eigenvalue weighted by Crippen LogP contribution is -1.97. The third kappa shape index (κ3) is 3.85. The molecule has 0 saturated heterocycles. The van der Waals surface area contributed by atoms with Gasteiger partial charge >= 0.3 is 0 Å². The van der Waals surface area contributed by atoms with Gasteiger partial charge in [-0.25, -0.2) is 0 Å². The van der Waals surface area contributed by atoms with Gasteiger partial charge in [0.2, 0.25) is 0 Å². The predicted octanol–water partition coefficient (Wildman–Crippen LogP) is 3.21. The summed E-state index contributed by atoms with van der Waals surface area (Å²) in [6.07, 6.45) is 0. The molecule has 0 aliphatic heterocycles. The molecule has 0 fully saturated rings. The van der Waals surface area contributed by atoms with E-state index in [9.17, 15) is 0 Å². The molecule has 0 radical (unpaired) electrons. The fourth-order valence-electron chi connectivity index (χ4n) is 1.02. The first-order valence-electron chi connectivity index (χ1n) is 4.95. The second-order valence-corrected chi connectivity index (χ2v) is 6.31. The average Bonchev–Trinajstić information content (AvgIpc) is 2.23. The summed E-state index contributed by atoms with van der Waals surface area (Å²) < 4.78 is 0. The molecule has 0 aliphatic rings. The fraction of sp³-hybridized carbons (Fsp3) is 0.667. The van der Waals surface area contributed by atoms with Crippen LogP contribution in [-0.2, 0) is 0 Å². The minimum Gasteiger partial charge on any atom is -0.122 e. The Balaban J connectivity index is 2.97. The van der Waals surface area contributed by atoms with E-state index in [4.69, 9.17) is 0 Å². The van der Waals surface area contributed by atoms with Crippen molar-refractivity contribution >= 4 is 35.3 Å². The quantitative estimate of drug-likeness (QED) is 0.732. The normalized spacial score (nSPS) is 10.6. The number of hydrogen-bond donors (Lipinski definition) is 0. The molecular formula is C9H15N3S3. The van der Waals surface area contributed by atoms with E-state index in [-0.39, 0.29) is 0 Å². The van der Waals surface area contributed by atoms with Gasteiger partial charge < -0.3 is 0 Å². The van der Waals surface area contributed by atoms with Crippen LogP contribution < -0.4 is 0 Å². The third-order valence-corrected chi connectivity index (χ3v) is 4.43. The largest absolute Gasteiger partial charge is 0.137 e. The van der Waals surface area contributed by atoms with Crippen LogP contribution in [0.15, 0.2) is 14.9 Å². The molecule has 0 aromatic carbocycles. The van der Waals surface area contributed by atoms with Crippen LogP contribution in [0.1, 0.15) is 20.8 Å². The van der Waals surface area contributed by atoms with Crippen molar-refractivity contribution in [3.63, 3.8) is 0 Å². The first-order valence-corrected chi connectivity index (χ1v) is 7.90. The lowest BCUT2D eigenvalue weighted by atomic mass is 10.7. The average molecular weight is 261 g/mol. The highest BCUT2D eigenvalue weighted by Gasteiger charge is 2.12. The van der Waals surface area contributed by atoms with Crippen LogP contribution >= 0.6 is 35.3 Å². The van der Waals surface area contributed by atoms with Gasteiger partial charge in [-0.15, -0.1) is 45.5 Å². The van der Waals surface area contributed by atoms with Crippen LogP contribution in [0.3, 0.4) is 0 Å². The zero-order valence-corrected chi connectivity index (χ0v) is 11.6. The van der Waals surface area contributed by atoms with Crippen LogP contribution in [0.25, 0.3) is 0 Å². The Kier molecular flexibility index (Phi) is 6.43. The molecule has 0 N–H and O–H groups in total. The molecule has 1 aromatic heterocycles. The topological polar surface area (TPSA) is 38.7 Å². The van der Waals surface area contributed by atoms with E-state index in [1.807, 2.05) is 0 Å². The van der Waals surface area contributed by atoms with E-state index < -0.39 is 0 Å². The molecule has 84 valence electrons. The number of thioether (sulfide) groups is 3. The summed E-state index contributed by atoms with van der Waals surface area (Å²) in [7, 11) is 0. The van der Waals surface area contributed by atoms with E-state index in [1.54, 1.807) is 35.3 Å². The van der Waals surface area contributed by atoms with Gasteiger partial charge in [0.05, 0.1) is 4.90 Å². The summed E-state index contributed by atoms with van der Waals surface area (Å²) >= 11 is 5.27. The Morgan fingerprint density at radius 3 is 1.67 bits per heavy atom. The van der Waals surface area contributed by atoms with Crippen LogP contribution in [0.4, 0.5) is 0 Å². The van der Waals surface area contributed by atoms with Gasteiger partial charge in [-0.3, -0.25) is 0 Å². The Hall–Kier alpha value is 0.0600. The van der Waals surface area contributed by atoms with Crippen molar-refractivity contribution < 1.29 is 0 Å². The van der Waals surface area contributed by atoms with Gasteiger partial charge in [-0.05, 0) is 22.5 Å². The second-order valence-electron chi connectivity index (χ2n) is 2.53. The minimum absolute atomic E-state index is 1.02. The number of rotatable bonds is 6. The Morgan fingerprint density at radius 1 is 0.800 bits per heavy atom. The second kappa shape index (κ2) is 7.35. The maximum absolute atomic E-state index is 4.10. The highest BCUT2D eigenvalue weighted by molar-refractivity contribution is 8.03. The summed E-state index contributed by atoms with van der Waals surface area (Å²) in [4.78, 5) is 1.20. The van der Waals surface area contributed by atoms with Gasteiger partial charge in [0, 0.05) is 0 Å². The zero-order valence-electron chi connectivity index (χ0n) is 9.19. The molecule has 0 amide bonds. The lowest BCUT2D eigenvalue weighted by Gasteiger charge is -2.08. The molecule has 0 atom stereocenters. The summed E-state index contributed by atoms with van der Waals surface area (Å²) in [5.74, 6) is 3.08. The number of hydrogen-bond acceptors (Lipinski definition) is 6. The van der Waals surface area contributed by atoms with Gasteiger partial charge in [-0.2, -0.15) is 0 Å². The molecule has 0 bridgehead atoms. The van der Waals surface area contributed by atoms with Gasteiger partial charge in [0.25, 0.3) is 0 Å². The molecule has 1 heterocycles. The Labute approximate surface area is 104 Å². The summed E-state index contributed by atoms with van der Waals surface area (Å²) in [6, 6.07) is 0. The maximum Gasteiger partial charge on any atom is 0.137 e. The van der Waals surface area contributed by atoms with Crippen LogP contribution in [-0.4, -0.2) is 32.7 Å². The van der Waals surface area contributed by atoms with E-state index in [1.165, 1.54) is 4.90 Å². The summed E-state index contributed by atoms with van der Waals surface area (Å²) in [6.45, 7) is 6.39. The first kappa shape index (κ1) is 13.1. The monoisotopic (exact) mass is 261 g/mol. The highest BCUT2D eigenvalue weighted by Crippen LogP contribution is 2.34. The molecule has 0 saturated carbocycles.